The van der Waals surface area contributed by atoms with Crippen LogP contribution in [0, 0.1) is 0 Å². The fourth-order valence-electron chi connectivity index (χ4n) is 2.09. The minimum atomic E-state index is -0.212. The van der Waals surface area contributed by atoms with Crippen LogP contribution in [0.4, 0.5) is 0 Å². The number of nitrogens with zero attached hydrogens (tertiary/aromatic N) is 1. The standard InChI is InChI=1S/C11H24N2O/c1-4-11(14)8-12-13-9(2)6-5-7-10(13)3/h9-12,14H,4-8H2,1-3H3. The molecule has 0 aromatic rings. The summed E-state index contributed by atoms with van der Waals surface area (Å²) in [5.41, 5.74) is 3.36. The van der Waals surface area contributed by atoms with Crippen LogP contribution >= 0.6 is 0 Å². The Morgan fingerprint density at radius 2 is 1.93 bits per heavy atom. The summed E-state index contributed by atoms with van der Waals surface area (Å²) in [7, 11) is 0. The third-order valence-electron chi connectivity index (χ3n) is 3.17. The monoisotopic (exact) mass is 200 g/mol. The zero-order valence-corrected chi connectivity index (χ0v) is 9.66. The van der Waals surface area contributed by atoms with Crippen LogP contribution < -0.4 is 5.43 Å². The highest BCUT2D eigenvalue weighted by Crippen LogP contribution is 2.19. The van der Waals surface area contributed by atoms with E-state index < -0.39 is 0 Å². The molecule has 0 amide bonds. The van der Waals surface area contributed by atoms with E-state index in [2.05, 4.69) is 24.3 Å². The number of aliphatic hydroxyl groups is 1. The zero-order chi connectivity index (χ0) is 10.6. The summed E-state index contributed by atoms with van der Waals surface area (Å²) < 4.78 is 0. The Morgan fingerprint density at radius 1 is 1.36 bits per heavy atom. The van der Waals surface area contributed by atoms with Gasteiger partial charge in [-0.15, -0.1) is 0 Å². The molecule has 0 aromatic carbocycles. The lowest BCUT2D eigenvalue weighted by molar-refractivity contribution is 0.0260. The van der Waals surface area contributed by atoms with E-state index in [-0.39, 0.29) is 6.10 Å². The number of aliphatic hydroxyl groups excluding tert-OH is 1. The van der Waals surface area contributed by atoms with E-state index in [9.17, 15) is 5.11 Å². The van der Waals surface area contributed by atoms with E-state index in [1.165, 1.54) is 19.3 Å². The maximum Gasteiger partial charge on any atom is 0.0676 e. The number of rotatable bonds is 4. The molecule has 3 heteroatoms. The maximum atomic E-state index is 9.47. The average Bonchev–Trinajstić information content (AvgIpc) is 2.16. The Bertz CT molecular complexity index is 153. The molecule has 0 aromatic heterocycles. The molecule has 3 nitrogen and oxygen atoms in total. The summed E-state index contributed by atoms with van der Waals surface area (Å²) in [6.07, 6.45) is 4.47. The van der Waals surface area contributed by atoms with Gasteiger partial charge in [0, 0.05) is 18.6 Å². The molecule has 1 rings (SSSR count). The van der Waals surface area contributed by atoms with Gasteiger partial charge in [-0.1, -0.05) is 13.3 Å². The van der Waals surface area contributed by atoms with Crippen LogP contribution in [0.5, 0.6) is 0 Å². The molecule has 0 saturated carbocycles. The van der Waals surface area contributed by atoms with Crippen molar-refractivity contribution in [1.82, 2.24) is 10.4 Å². The molecule has 2 N–H and O–H groups in total. The van der Waals surface area contributed by atoms with Crippen molar-refractivity contribution < 1.29 is 5.11 Å². The summed E-state index contributed by atoms with van der Waals surface area (Å²) in [4.78, 5) is 0. The second-order valence-electron chi connectivity index (χ2n) is 4.46. The SMILES string of the molecule is CCC(O)CNN1C(C)CCCC1C. The first-order valence-corrected chi connectivity index (χ1v) is 5.85. The fraction of sp³-hybridized carbons (Fsp3) is 1.00. The van der Waals surface area contributed by atoms with Crippen molar-refractivity contribution in [1.29, 1.82) is 0 Å². The van der Waals surface area contributed by atoms with E-state index in [0.29, 0.717) is 18.6 Å². The van der Waals surface area contributed by atoms with Gasteiger partial charge >= 0.3 is 0 Å². The topological polar surface area (TPSA) is 35.5 Å². The minimum Gasteiger partial charge on any atom is -0.392 e. The molecule has 1 fully saturated rings. The molecular formula is C11H24N2O. The number of hydrogen-bond acceptors (Lipinski definition) is 3. The van der Waals surface area contributed by atoms with Gasteiger partial charge in [0.1, 0.15) is 0 Å². The molecule has 84 valence electrons. The Kier molecular flexibility index (Phi) is 4.85. The molecule has 1 aliphatic rings. The van der Waals surface area contributed by atoms with Crippen LogP contribution in [0.25, 0.3) is 0 Å². The second-order valence-corrected chi connectivity index (χ2v) is 4.46. The van der Waals surface area contributed by atoms with Crippen LogP contribution in [0.2, 0.25) is 0 Å². The highest BCUT2D eigenvalue weighted by molar-refractivity contribution is 4.77. The predicted octanol–water partition coefficient (Wildman–Crippen LogP) is 1.52. The van der Waals surface area contributed by atoms with E-state index in [1.54, 1.807) is 0 Å². The molecule has 3 unspecified atom stereocenters. The van der Waals surface area contributed by atoms with Crippen LogP contribution in [-0.2, 0) is 0 Å². The molecule has 1 heterocycles. The number of hydrazine groups is 1. The first-order chi connectivity index (χ1) is 6.65. The third kappa shape index (κ3) is 3.23. The summed E-state index contributed by atoms with van der Waals surface area (Å²) >= 11 is 0. The molecule has 3 atom stereocenters. The molecule has 14 heavy (non-hydrogen) atoms. The molecule has 0 aliphatic carbocycles. The van der Waals surface area contributed by atoms with Gasteiger partial charge in [0.2, 0.25) is 0 Å². The molecule has 0 bridgehead atoms. The van der Waals surface area contributed by atoms with Gasteiger partial charge in [-0.05, 0) is 33.1 Å². The summed E-state index contributed by atoms with van der Waals surface area (Å²) in [6.45, 7) is 7.20. The van der Waals surface area contributed by atoms with Crippen LogP contribution in [-0.4, -0.2) is 34.8 Å². The lowest BCUT2D eigenvalue weighted by Gasteiger charge is -2.39. The Morgan fingerprint density at radius 3 is 2.43 bits per heavy atom. The van der Waals surface area contributed by atoms with Gasteiger partial charge in [-0.25, -0.2) is 5.01 Å². The van der Waals surface area contributed by atoms with Crippen molar-refractivity contribution in [2.75, 3.05) is 6.54 Å². The van der Waals surface area contributed by atoms with Gasteiger partial charge in [-0.2, -0.15) is 0 Å². The zero-order valence-electron chi connectivity index (χ0n) is 9.66. The smallest absolute Gasteiger partial charge is 0.0676 e. The molecule has 1 saturated heterocycles. The van der Waals surface area contributed by atoms with Crippen molar-refractivity contribution in [3.63, 3.8) is 0 Å². The van der Waals surface area contributed by atoms with Gasteiger partial charge in [-0.3, -0.25) is 5.43 Å². The summed E-state index contributed by atoms with van der Waals surface area (Å²) in [5, 5.41) is 11.8. The lowest BCUT2D eigenvalue weighted by atomic mass is 10.00. The highest BCUT2D eigenvalue weighted by Gasteiger charge is 2.24. The minimum absolute atomic E-state index is 0.212. The van der Waals surface area contributed by atoms with Crippen molar-refractivity contribution >= 4 is 0 Å². The van der Waals surface area contributed by atoms with Crippen molar-refractivity contribution in [3.8, 4) is 0 Å². The Labute approximate surface area is 87.5 Å². The number of hydrogen-bond donors (Lipinski definition) is 2. The predicted molar refractivity (Wildman–Crippen MR) is 58.9 cm³/mol. The largest absolute Gasteiger partial charge is 0.392 e. The summed E-state index contributed by atoms with van der Waals surface area (Å²) in [6, 6.07) is 1.20. The molecule has 0 spiro atoms. The van der Waals surface area contributed by atoms with Crippen LogP contribution in [0.3, 0.4) is 0 Å². The third-order valence-corrected chi connectivity index (χ3v) is 3.17. The van der Waals surface area contributed by atoms with Crippen LogP contribution in [0.15, 0.2) is 0 Å². The first kappa shape index (κ1) is 12.0. The van der Waals surface area contributed by atoms with Gasteiger partial charge in [0.25, 0.3) is 0 Å². The van der Waals surface area contributed by atoms with E-state index in [4.69, 9.17) is 0 Å². The number of piperidine rings is 1. The van der Waals surface area contributed by atoms with Gasteiger partial charge < -0.3 is 5.11 Å². The molecule has 1 aliphatic heterocycles. The van der Waals surface area contributed by atoms with Crippen molar-refractivity contribution in [2.24, 2.45) is 0 Å². The van der Waals surface area contributed by atoms with Crippen LogP contribution in [0.1, 0.15) is 46.5 Å². The lowest BCUT2D eigenvalue weighted by Crippen LogP contribution is -2.53. The Balaban J connectivity index is 2.32. The fourth-order valence-corrected chi connectivity index (χ4v) is 2.09. The summed E-state index contributed by atoms with van der Waals surface area (Å²) in [5.74, 6) is 0. The van der Waals surface area contributed by atoms with Gasteiger partial charge in [0.05, 0.1) is 6.10 Å². The highest BCUT2D eigenvalue weighted by atomic mass is 16.3. The number of nitrogens with one attached hydrogen (secondary N) is 1. The molecular weight excluding hydrogens is 176 g/mol. The van der Waals surface area contributed by atoms with Crippen molar-refractivity contribution in [2.45, 2.75) is 64.6 Å². The van der Waals surface area contributed by atoms with Gasteiger partial charge in [0.15, 0.2) is 0 Å². The first-order valence-electron chi connectivity index (χ1n) is 5.85. The molecule has 0 radical (unpaired) electrons. The quantitative estimate of drug-likeness (QED) is 0.722. The second kappa shape index (κ2) is 5.69. The maximum absolute atomic E-state index is 9.47. The average molecular weight is 200 g/mol. The van der Waals surface area contributed by atoms with E-state index >= 15 is 0 Å². The van der Waals surface area contributed by atoms with E-state index in [0.717, 1.165) is 6.42 Å². The normalized spacial score (nSPS) is 31.7. The van der Waals surface area contributed by atoms with Crippen molar-refractivity contribution in [3.05, 3.63) is 0 Å². The van der Waals surface area contributed by atoms with E-state index in [1.807, 2.05) is 6.92 Å². The Hall–Kier alpha value is -0.120.